The second-order valence-corrected chi connectivity index (χ2v) is 5.42. The Kier molecular flexibility index (Phi) is 6.31. The van der Waals surface area contributed by atoms with Gasteiger partial charge in [0.1, 0.15) is 0 Å². The molecule has 0 heterocycles. The summed E-state index contributed by atoms with van der Waals surface area (Å²) in [6.07, 6.45) is 4.13. The van der Waals surface area contributed by atoms with Gasteiger partial charge in [-0.2, -0.15) is 0 Å². The van der Waals surface area contributed by atoms with Crippen LogP contribution in [-0.4, -0.2) is 4.83 Å². The molecule has 2 unspecified atom stereocenters. The van der Waals surface area contributed by atoms with Gasteiger partial charge in [-0.25, -0.2) is 0 Å². The van der Waals surface area contributed by atoms with Crippen molar-refractivity contribution in [1.29, 1.82) is 0 Å². The third-order valence-corrected chi connectivity index (χ3v) is 3.13. The van der Waals surface area contributed by atoms with Crippen molar-refractivity contribution in [2.24, 2.45) is 11.8 Å². The molecule has 0 radical (unpaired) electrons. The van der Waals surface area contributed by atoms with Crippen LogP contribution in [0, 0.1) is 11.8 Å². The van der Waals surface area contributed by atoms with Crippen molar-refractivity contribution in [3.8, 4) is 0 Å². The molecule has 1 heteroatoms. The van der Waals surface area contributed by atoms with Gasteiger partial charge < -0.3 is 0 Å². The molecule has 0 aliphatic carbocycles. The summed E-state index contributed by atoms with van der Waals surface area (Å²) in [5, 5.41) is 0. The molecule has 0 aliphatic rings. The maximum absolute atomic E-state index is 3.61. The Balaban J connectivity index is 3.24. The highest BCUT2D eigenvalue weighted by atomic mass is 79.9. The van der Waals surface area contributed by atoms with Crippen LogP contribution in [0.3, 0.4) is 0 Å². The molecule has 2 atom stereocenters. The minimum atomic E-state index is 0.676. The number of alkyl halides is 1. The summed E-state index contributed by atoms with van der Waals surface area (Å²) in [4.78, 5) is 0.676. The monoisotopic (exact) mass is 220 g/mol. The van der Waals surface area contributed by atoms with Crippen molar-refractivity contribution in [3.05, 3.63) is 0 Å². The average Bonchev–Trinajstić information content (AvgIpc) is 1.86. The minimum absolute atomic E-state index is 0.676. The molecular formula is C10H21Br. The highest BCUT2D eigenvalue weighted by Gasteiger charge is 2.07. The third-order valence-electron chi connectivity index (χ3n) is 2.23. The number of hydrogen-bond acceptors (Lipinski definition) is 0. The normalized spacial score (nSPS) is 16.9. The van der Waals surface area contributed by atoms with Crippen LogP contribution in [0.2, 0.25) is 0 Å². The van der Waals surface area contributed by atoms with E-state index in [-0.39, 0.29) is 0 Å². The lowest BCUT2D eigenvalue weighted by Gasteiger charge is -2.14. The first kappa shape index (κ1) is 11.5. The van der Waals surface area contributed by atoms with Crippen LogP contribution < -0.4 is 0 Å². The molecule has 0 fully saturated rings. The summed E-state index contributed by atoms with van der Waals surface area (Å²) in [7, 11) is 0. The van der Waals surface area contributed by atoms with Crippen LogP contribution in [0.15, 0.2) is 0 Å². The Hall–Kier alpha value is 0.480. The summed E-state index contributed by atoms with van der Waals surface area (Å²) in [5.74, 6) is 1.70. The van der Waals surface area contributed by atoms with E-state index in [0.29, 0.717) is 4.83 Å². The SMILES string of the molecule is CC(C)CCCC(C)C(C)Br. The van der Waals surface area contributed by atoms with E-state index in [2.05, 4.69) is 43.6 Å². The van der Waals surface area contributed by atoms with E-state index in [1.165, 1.54) is 19.3 Å². The molecule has 11 heavy (non-hydrogen) atoms. The summed E-state index contributed by atoms with van der Waals surface area (Å²) in [6, 6.07) is 0. The largest absolute Gasteiger partial charge is 0.0891 e. The standard InChI is InChI=1S/C10H21Br/c1-8(2)6-5-7-9(3)10(4)11/h8-10H,5-7H2,1-4H3. The molecule has 0 saturated carbocycles. The van der Waals surface area contributed by atoms with E-state index in [9.17, 15) is 0 Å². The molecule has 0 amide bonds. The van der Waals surface area contributed by atoms with Crippen molar-refractivity contribution in [1.82, 2.24) is 0 Å². The molecule has 0 aromatic rings. The Labute approximate surface area is 79.9 Å². The van der Waals surface area contributed by atoms with Gasteiger partial charge in [-0.3, -0.25) is 0 Å². The first-order valence-corrected chi connectivity index (χ1v) is 5.59. The zero-order valence-corrected chi connectivity index (χ0v) is 9.82. The van der Waals surface area contributed by atoms with Gasteiger partial charge in [-0.15, -0.1) is 0 Å². The van der Waals surface area contributed by atoms with Gasteiger partial charge in [0.2, 0.25) is 0 Å². The lowest BCUT2D eigenvalue weighted by molar-refractivity contribution is 0.458. The fraction of sp³-hybridized carbons (Fsp3) is 1.00. The Bertz CT molecular complexity index is 86.9. The van der Waals surface area contributed by atoms with Crippen molar-refractivity contribution >= 4 is 15.9 Å². The van der Waals surface area contributed by atoms with E-state index in [0.717, 1.165) is 11.8 Å². The minimum Gasteiger partial charge on any atom is -0.0891 e. The molecule has 0 nitrogen and oxygen atoms in total. The Morgan fingerprint density at radius 1 is 1.00 bits per heavy atom. The fourth-order valence-corrected chi connectivity index (χ4v) is 1.34. The van der Waals surface area contributed by atoms with Crippen LogP contribution in [0.25, 0.3) is 0 Å². The van der Waals surface area contributed by atoms with Crippen LogP contribution >= 0.6 is 15.9 Å². The van der Waals surface area contributed by atoms with Crippen molar-refractivity contribution in [2.75, 3.05) is 0 Å². The molecule has 0 rings (SSSR count). The van der Waals surface area contributed by atoms with Gasteiger partial charge in [0.25, 0.3) is 0 Å². The molecule has 0 aromatic heterocycles. The molecule has 0 aromatic carbocycles. The van der Waals surface area contributed by atoms with Crippen LogP contribution in [0.1, 0.15) is 47.0 Å². The first-order valence-electron chi connectivity index (χ1n) is 4.68. The lowest BCUT2D eigenvalue weighted by Crippen LogP contribution is -2.06. The number of rotatable bonds is 5. The summed E-state index contributed by atoms with van der Waals surface area (Å²) in [5.41, 5.74) is 0. The van der Waals surface area contributed by atoms with E-state index < -0.39 is 0 Å². The van der Waals surface area contributed by atoms with Crippen LogP contribution in [0.4, 0.5) is 0 Å². The van der Waals surface area contributed by atoms with Gasteiger partial charge in [0.15, 0.2) is 0 Å². The predicted molar refractivity (Wildman–Crippen MR) is 56.2 cm³/mol. The van der Waals surface area contributed by atoms with Crippen molar-refractivity contribution < 1.29 is 0 Å². The zero-order valence-electron chi connectivity index (χ0n) is 8.23. The molecule has 0 bridgehead atoms. The molecule has 0 N–H and O–H groups in total. The van der Waals surface area contributed by atoms with Crippen molar-refractivity contribution in [3.63, 3.8) is 0 Å². The second kappa shape index (κ2) is 6.05. The smallest absolute Gasteiger partial charge is 0.0143 e. The Morgan fingerprint density at radius 2 is 1.55 bits per heavy atom. The summed E-state index contributed by atoms with van der Waals surface area (Å²) in [6.45, 7) is 9.14. The molecule has 0 saturated heterocycles. The lowest BCUT2D eigenvalue weighted by atomic mass is 9.98. The predicted octanol–water partition coefficient (Wildman–Crippen LogP) is 4.23. The zero-order chi connectivity index (χ0) is 8.85. The molecule has 0 aliphatic heterocycles. The average molecular weight is 221 g/mol. The van der Waals surface area contributed by atoms with E-state index >= 15 is 0 Å². The number of hydrogen-bond donors (Lipinski definition) is 0. The summed E-state index contributed by atoms with van der Waals surface area (Å²) < 4.78 is 0. The van der Waals surface area contributed by atoms with Crippen molar-refractivity contribution in [2.45, 2.75) is 51.8 Å². The Morgan fingerprint density at radius 3 is 1.91 bits per heavy atom. The van der Waals surface area contributed by atoms with Gasteiger partial charge in [0, 0.05) is 4.83 Å². The van der Waals surface area contributed by atoms with E-state index in [1.807, 2.05) is 0 Å². The van der Waals surface area contributed by atoms with Crippen LogP contribution in [0.5, 0.6) is 0 Å². The maximum atomic E-state index is 3.61. The molecule has 0 spiro atoms. The van der Waals surface area contributed by atoms with Crippen LogP contribution in [-0.2, 0) is 0 Å². The van der Waals surface area contributed by atoms with Gasteiger partial charge >= 0.3 is 0 Å². The maximum Gasteiger partial charge on any atom is 0.0143 e. The van der Waals surface area contributed by atoms with E-state index in [4.69, 9.17) is 0 Å². The first-order chi connectivity index (χ1) is 5.04. The second-order valence-electron chi connectivity index (χ2n) is 3.98. The quantitative estimate of drug-likeness (QED) is 0.609. The highest BCUT2D eigenvalue weighted by molar-refractivity contribution is 9.09. The fourth-order valence-electron chi connectivity index (χ4n) is 1.08. The number of halogens is 1. The topological polar surface area (TPSA) is 0 Å². The third kappa shape index (κ3) is 6.86. The molecular weight excluding hydrogens is 200 g/mol. The van der Waals surface area contributed by atoms with Gasteiger partial charge in [-0.05, 0) is 18.3 Å². The molecule has 68 valence electrons. The van der Waals surface area contributed by atoms with Gasteiger partial charge in [0.05, 0.1) is 0 Å². The highest BCUT2D eigenvalue weighted by Crippen LogP contribution is 2.19. The summed E-state index contributed by atoms with van der Waals surface area (Å²) >= 11 is 3.61. The van der Waals surface area contributed by atoms with Gasteiger partial charge in [-0.1, -0.05) is 56.5 Å². The van der Waals surface area contributed by atoms with E-state index in [1.54, 1.807) is 0 Å².